The van der Waals surface area contributed by atoms with Crippen molar-refractivity contribution < 1.29 is 4.79 Å². The molecule has 1 rings (SSSR count). The molecule has 0 aliphatic carbocycles. The predicted molar refractivity (Wildman–Crippen MR) is 51.1 cm³/mol. The minimum absolute atomic E-state index is 0.458. The maximum atomic E-state index is 10.6. The van der Waals surface area contributed by atoms with Crippen molar-refractivity contribution >= 4 is 17.7 Å². The number of nitrogens with zero attached hydrogens (tertiary/aromatic N) is 1. The van der Waals surface area contributed by atoms with Crippen LogP contribution in [0.25, 0.3) is 0 Å². The summed E-state index contributed by atoms with van der Waals surface area (Å²) in [5.41, 5.74) is 10.4. The highest BCUT2D eigenvalue weighted by Crippen LogP contribution is 2.12. The molecule has 1 heterocycles. The summed E-state index contributed by atoms with van der Waals surface area (Å²) >= 11 is 1.52. The van der Waals surface area contributed by atoms with Crippen LogP contribution in [0.4, 0.5) is 0 Å². The molecule has 0 fully saturated rings. The molecule has 1 atom stereocenters. The Labute approximate surface area is 80.3 Å². The number of amides is 1. The second-order valence-corrected chi connectivity index (χ2v) is 3.62. The molecule has 0 spiro atoms. The van der Waals surface area contributed by atoms with Crippen molar-refractivity contribution in [2.75, 3.05) is 5.75 Å². The van der Waals surface area contributed by atoms with Gasteiger partial charge in [0.2, 0.25) is 5.91 Å². The van der Waals surface area contributed by atoms with E-state index in [-0.39, 0.29) is 0 Å². The van der Waals surface area contributed by atoms with Crippen LogP contribution in [0.15, 0.2) is 17.6 Å². The van der Waals surface area contributed by atoms with Crippen LogP contribution < -0.4 is 11.5 Å². The summed E-state index contributed by atoms with van der Waals surface area (Å²) in [6.07, 6.45) is 3.99. The quantitative estimate of drug-likeness (QED) is 0.568. The van der Waals surface area contributed by atoms with Gasteiger partial charge in [-0.2, -0.15) is 0 Å². The molecule has 0 radical (unpaired) electrons. The van der Waals surface area contributed by atoms with E-state index in [2.05, 4.69) is 9.97 Å². The third-order valence-corrected chi connectivity index (χ3v) is 2.44. The zero-order valence-corrected chi connectivity index (χ0v) is 7.88. The Bertz CT molecular complexity index is 261. The first-order valence-corrected chi connectivity index (χ1v) is 4.86. The van der Waals surface area contributed by atoms with Crippen molar-refractivity contribution in [1.29, 1.82) is 0 Å². The minimum Gasteiger partial charge on any atom is -0.368 e. The lowest BCUT2D eigenvalue weighted by molar-refractivity contribution is -0.119. The maximum absolute atomic E-state index is 10.6. The molecule has 0 bridgehead atoms. The molecule has 1 aromatic rings. The SMILES string of the molecule is NC(=O)C(N)CCSc1ncc[nH]1. The summed E-state index contributed by atoms with van der Waals surface area (Å²) in [5.74, 6) is 0.275. The molecule has 13 heavy (non-hydrogen) atoms. The van der Waals surface area contributed by atoms with E-state index >= 15 is 0 Å². The molecular weight excluding hydrogens is 188 g/mol. The van der Waals surface area contributed by atoms with Gasteiger partial charge in [0.25, 0.3) is 0 Å². The molecule has 0 saturated carbocycles. The van der Waals surface area contributed by atoms with Crippen LogP contribution in [0, 0.1) is 0 Å². The van der Waals surface area contributed by atoms with Crippen LogP contribution in [-0.4, -0.2) is 27.7 Å². The van der Waals surface area contributed by atoms with Gasteiger partial charge in [-0.05, 0) is 6.42 Å². The number of thioether (sulfide) groups is 1. The number of imidazole rings is 1. The monoisotopic (exact) mass is 200 g/mol. The van der Waals surface area contributed by atoms with Gasteiger partial charge in [0, 0.05) is 18.1 Å². The Balaban J connectivity index is 2.18. The Morgan fingerprint density at radius 3 is 3.08 bits per heavy atom. The largest absolute Gasteiger partial charge is 0.368 e. The van der Waals surface area contributed by atoms with Gasteiger partial charge in [-0.25, -0.2) is 4.98 Å². The van der Waals surface area contributed by atoms with Crippen molar-refractivity contribution in [3.8, 4) is 0 Å². The normalized spacial score (nSPS) is 12.7. The van der Waals surface area contributed by atoms with Crippen LogP contribution in [-0.2, 0) is 4.79 Å². The van der Waals surface area contributed by atoms with Gasteiger partial charge in [-0.3, -0.25) is 4.79 Å². The van der Waals surface area contributed by atoms with Crippen molar-refractivity contribution in [2.45, 2.75) is 17.6 Å². The summed E-state index contributed by atoms with van der Waals surface area (Å²) in [7, 11) is 0. The van der Waals surface area contributed by atoms with Crippen LogP contribution in [0.1, 0.15) is 6.42 Å². The number of aromatic nitrogens is 2. The number of H-pyrrole nitrogens is 1. The first kappa shape index (κ1) is 10.1. The van der Waals surface area contributed by atoms with E-state index in [1.165, 1.54) is 11.8 Å². The van der Waals surface area contributed by atoms with Gasteiger partial charge >= 0.3 is 0 Å². The van der Waals surface area contributed by atoms with E-state index in [0.29, 0.717) is 6.42 Å². The maximum Gasteiger partial charge on any atom is 0.234 e. The van der Waals surface area contributed by atoms with Gasteiger partial charge in [-0.15, -0.1) is 0 Å². The highest BCUT2D eigenvalue weighted by molar-refractivity contribution is 7.99. The molecule has 0 aromatic carbocycles. The topological polar surface area (TPSA) is 97.8 Å². The summed E-state index contributed by atoms with van der Waals surface area (Å²) in [6, 6.07) is -0.553. The van der Waals surface area contributed by atoms with Gasteiger partial charge in [0.05, 0.1) is 6.04 Å². The number of nitrogens with one attached hydrogen (secondary N) is 1. The number of nitrogens with two attached hydrogens (primary N) is 2. The standard InChI is InChI=1S/C7H12N4OS/c8-5(6(9)12)1-4-13-7-10-2-3-11-7/h2-3,5H,1,4,8H2,(H2,9,12)(H,10,11). The molecule has 6 heteroatoms. The smallest absolute Gasteiger partial charge is 0.234 e. The van der Waals surface area contributed by atoms with Crippen molar-refractivity contribution in [3.05, 3.63) is 12.4 Å². The number of primary amides is 1. The van der Waals surface area contributed by atoms with Gasteiger partial charge < -0.3 is 16.5 Å². The summed E-state index contributed by atoms with van der Waals surface area (Å²) in [5, 5.41) is 0.830. The third kappa shape index (κ3) is 3.47. The fourth-order valence-corrected chi connectivity index (χ4v) is 1.61. The van der Waals surface area contributed by atoms with E-state index < -0.39 is 11.9 Å². The lowest BCUT2D eigenvalue weighted by Crippen LogP contribution is -2.36. The first-order valence-electron chi connectivity index (χ1n) is 3.87. The lowest BCUT2D eigenvalue weighted by atomic mass is 10.2. The van der Waals surface area contributed by atoms with Crippen molar-refractivity contribution in [2.24, 2.45) is 11.5 Å². The van der Waals surface area contributed by atoms with Crippen LogP contribution in [0.5, 0.6) is 0 Å². The van der Waals surface area contributed by atoms with Gasteiger partial charge in [0.15, 0.2) is 5.16 Å². The van der Waals surface area contributed by atoms with Crippen LogP contribution >= 0.6 is 11.8 Å². The predicted octanol–water partition coefficient (Wildman–Crippen LogP) is -0.295. The highest BCUT2D eigenvalue weighted by atomic mass is 32.2. The van der Waals surface area contributed by atoms with E-state index in [0.717, 1.165) is 10.9 Å². The molecular formula is C7H12N4OS. The lowest BCUT2D eigenvalue weighted by Gasteiger charge is -2.04. The van der Waals surface area contributed by atoms with E-state index in [4.69, 9.17) is 11.5 Å². The number of hydrogen-bond donors (Lipinski definition) is 3. The van der Waals surface area contributed by atoms with Crippen LogP contribution in [0.2, 0.25) is 0 Å². The van der Waals surface area contributed by atoms with Crippen LogP contribution in [0.3, 0.4) is 0 Å². The Morgan fingerprint density at radius 2 is 2.54 bits per heavy atom. The van der Waals surface area contributed by atoms with Gasteiger partial charge in [-0.1, -0.05) is 11.8 Å². The van der Waals surface area contributed by atoms with E-state index in [1.54, 1.807) is 12.4 Å². The molecule has 1 amide bonds. The number of carbonyl (C=O) groups excluding carboxylic acids is 1. The number of hydrogen-bond acceptors (Lipinski definition) is 4. The molecule has 1 unspecified atom stereocenters. The molecule has 5 N–H and O–H groups in total. The van der Waals surface area contributed by atoms with E-state index in [1.807, 2.05) is 0 Å². The molecule has 0 aliphatic rings. The second kappa shape index (κ2) is 4.88. The molecule has 72 valence electrons. The Hall–Kier alpha value is -1.01. The Morgan fingerprint density at radius 1 is 1.77 bits per heavy atom. The zero-order valence-electron chi connectivity index (χ0n) is 7.06. The number of rotatable bonds is 5. The van der Waals surface area contributed by atoms with E-state index in [9.17, 15) is 4.79 Å². The zero-order chi connectivity index (χ0) is 9.68. The summed E-state index contributed by atoms with van der Waals surface area (Å²) in [6.45, 7) is 0. The fraction of sp³-hybridized carbons (Fsp3) is 0.429. The first-order chi connectivity index (χ1) is 6.20. The fourth-order valence-electron chi connectivity index (χ4n) is 0.755. The Kier molecular flexibility index (Phi) is 3.78. The number of aromatic amines is 1. The third-order valence-electron chi connectivity index (χ3n) is 1.51. The minimum atomic E-state index is -0.553. The second-order valence-electron chi connectivity index (χ2n) is 2.54. The van der Waals surface area contributed by atoms with Crippen molar-refractivity contribution in [3.63, 3.8) is 0 Å². The van der Waals surface area contributed by atoms with Gasteiger partial charge in [0.1, 0.15) is 0 Å². The average molecular weight is 200 g/mol. The molecule has 5 nitrogen and oxygen atoms in total. The van der Waals surface area contributed by atoms with Crippen molar-refractivity contribution in [1.82, 2.24) is 9.97 Å². The average Bonchev–Trinajstić information content (AvgIpc) is 2.56. The highest BCUT2D eigenvalue weighted by Gasteiger charge is 2.08. The molecule has 0 aliphatic heterocycles. The summed E-state index contributed by atoms with van der Waals surface area (Å²) < 4.78 is 0. The molecule has 0 saturated heterocycles. The number of carbonyl (C=O) groups is 1. The molecule has 1 aromatic heterocycles. The summed E-state index contributed by atoms with van der Waals surface area (Å²) in [4.78, 5) is 17.5.